The molecule has 45 heavy (non-hydrogen) atoms. The molecule has 3 aliphatic rings. The van der Waals surface area contributed by atoms with Crippen LogP contribution in [0.5, 0.6) is 5.75 Å². The smallest absolute Gasteiger partial charge is 0.243 e. The molecule has 3 atom stereocenters. The normalized spacial score (nSPS) is 24.0. The zero-order valence-electron chi connectivity index (χ0n) is 26.5. The van der Waals surface area contributed by atoms with Crippen LogP contribution in [0.3, 0.4) is 0 Å². The van der Waals surface area contributed by atoms with Crippen molar-refractivity contribution in [2.45, 2.75) is 70.4 Å². The maximum atomic E-state index is 13.8. The summed E-state index contributed by atoms with van der Waals surface area (Å²) in [5.74, 6) is 0.664. The van der Waals surface area contributed by atoms with E-state index >= 15 is 0 Å². The molecule has 2 aromatic rings. The van der Waals surface area contributed by atoms with Crippen molar-refractivity contribution in [3.63, 3.8) is 0 Å². The molecule has 3 heterocycles. The number of amides is 3. The van der Waals surface area contributed by atoms with Gasteiger partial charge in [-0.1, -0.05) is 55.8 Å². The number of fused-ring (bicyclic) bond motifs is 1. The van der Waals surface area contributed by atoms with Gasteiger partial charge in [-0.2, -0.15) is 0 Å². The van der Waals surface area contributed by atoms with Crippen LogP contribution in [0.4, 0.5) is 5.69 Å². The van der Waals surface area contributed by atoms with E-state index in [1.807, 2.05) is 54.6 Å². The Labute approximate surface area is 267 Å². The largest absolute Gasteiger partial charge is 0.494 e. The highest BCUT2D eigenvalue weighted by atomic mass is 16.5. The summed E-state index contributed by atoms with van der Waals surface area (Å²) in [6.45, 7) is 5.57. The van der Waals surface area contributed by atoms with Crippen LogP contribution in [-0.4, -0.2) is 74.2 Å². The van der Waals surface area contributed by atoms with Gasteiger partial charge >= 0.3 is 0 Å². The number of carbonyl (C=O) groups is 3. The number of likely N-dealkylation sites (tertiary alicyclic amines) is 1. The summed E-state index contributed by atoms with van der Waals surface area (Å²) in [5.41, 5.74) is 1.16. The second-order valence-corrected chi connectivity index (χ2v) is 12.7. The third kappa shape index (κ3) is 9.17. The minimum absolute atomic E-state index is 0.0478. The molecular formula is C36H48N4O5. The predicted molar refractivity (Wildman–Crippen MR) is 175 cm³/mol. The Morgan fingerprint density at radius 3 is 2.58 bits per heavy atom. The van der Waals surface area contributed by atoms with Crippen LogP contribution in [0, 0.1) is 11.3 Å². The molecule has 3 N–H and O–H groups in total. The van der Waals surface area contributed by atoms with Crippen LogP contribution >= 0.6 is 0 Å². The van der Waals surface area contributed by atoms with Crippen molar-refractivity contribution in [1.82, 2.24) is 15.5 Å². The number of piperidine rings is 1. The van der Waals surface area contributed by atoms with E-state index in [1.54, 1.807) is 0 Å². The van der Waals surface area contributed by atoms with Crippen LogP contribution in [-0.2, 0) is 25.5 Å². The number of ether oxygens (including phenoxy) is 2. The first-order chi connectivity index (χ1) is 21.9. The number of allylic oxidation sites excluding steroid dienone is 2. The summed E-state index contributed by atoms with van der Waals surface area (Å²) < 4.78 is 11.3. The number of unbranched alkanes of at least 4 members (excludes halogenated alkanes) is 1. The molecule has 2 saturated heterocycles. The van der Waals surface area contributed by atoms with Gasteiger partial charge in [-0.3, -0.25) is 19.3 Å². The topological polar surface area (TPSA) is 109 Å². The summed E-state index contributed by atoms with van der Waals surface area (Å²) in [6, 6.07) is 16.6. The minimum atomic E-state index is -0.670. The monoisotopic (exact) mass is 616 g/mol. The summed E-state index contributed by atoms with van der Waals surface area (Å²) in [4.78, 5) is 42.7. The van der Waals surface area contributed by atoms with Gasteiger partial charge in [0, 0.05) is 44.5 Å². The quantitative estimate of drug-likeness (QED) is 0.283. The van der Waals surface area contributed by atoms with Crippen molar-refractivity contribution in [1.29, 1.82) is 0 Å². The van der Waals surface area contributed by atoms with Gasteiger partial charge < -0.3 is 25.4 Å². The highest BCUT2D eigenvalue weighted by Gasteiger charge is 2.41. The lowest BCUT2D eigenvalue weighted by Crippen LogP contribution is -2.58. The highest BCUT2D eigenvalue weighted by molar-refractivity contribution is 5.92. The average Bonchev–Trinajstić information content (AvgIpc) is 3.05. The van der Waals surface area contributed by atoms with Gasteiger partial charge in [-0.05, 0) is 74.3 Å². The molecule has 9 heteroatoms. The molecule has 5 rings (SSSR count). The van der Waals surface area contributed by atoms with Crippen molar-refractivity contribution >= 4 is 23.4 Å². The molecule has 3 amide bonds. The number of nitrogens with one attached hydrogen (secondary N) is 3. The molecule has 0 aliphatic carbocycles. The summed E-state index contributed by atoms with van der Waals surface area (Å²) in [5, 5.41) is 9.47. The minimum Gasteiger partial charge on any atom is -0.494 e. The van der Waals surface area contributed by atoms with Crippen LogP contribution in [0.15, 0.2) is 66.7 Å². The summed E-state index contributed by atoms with van der Waals surface area (Å²) in [6.07, 6.45) is 10.2. The van der Waals surface area contributed by atoms with Gasteiger partial charge in [0.2, 0.25) is 17.7 Å². The first-order valence-electron chi connectivity index (χ1n) is 16.6. The van der Waals surface area contributed by atoms with Crippen LogP contribution in [0.25, 0.3) is 0 Å². The molecule has 9 nitrogen and oxygen atoms in total. The second-order valence-electron chi connectivity index (χ2n) is 12.7. The Kier molecular flexibility index (Phi) is 11.7. The molecule has 0 bridgehead atoms. The zero-order valence-corrected chi connectivity index (χ0v) is 26.5. The fourth-order valence-electron chi connectivity index (χ4n) is 6.57. The number of rotatable bonds is 9. The van der Waals surface area contributed by atoms with Crippen LogP contribution in [0.2, 0.25) is 0 Å². The molecule has 2 fully saturated rings. The molecule has 1 spiro atoms. The molecule has 0 saturated carbocycles. The molecule has 0 unspecified atom stereocenters. The number of anilines is 1. The Balaban J connectivity index is 1.25. The van der Waals surface area contributed by atoms with Crippen molar-refractivity contribution in [2.24, 2.45) is 11.3 Å². The van der Waals surface area contributed by atoms with E-state index in [1.165, 1.54) is 0 Å². The van der Waals surface area contributed by atoms with Crippen LogP contribution in [0.1, 0.15) is 57.4 Å². The average molecular weight is 617 g/mol. The van der Waals surface area contributed by atoms with E-state index in [4.69, 9.17) is 9.47 Å². The molecule has 242 valence electrons. The Bertz CT molecular complexity index is 1290. The fourth-order valence-corrected chi connectivity index (χ4v) is 6.57. The van der Waals surface area contributed by atoms with Crippen LogP contribution < -0.4 is 20.7 Å². The van der Waals surface area contributed by atoms with Crippen molar-refractivity contribution in [3.8, 4) is 5.75 Å². The first kappa shape index (κ1) is 32.7. The molecule has 0 radical (unpaired) electrons. The fraction of sp³-hybridized carbons (Fsp3) is 0.528. The Morgan fingerprint density at radius 2 is 1.82 bits per heavy atom. The summed E-state index contributed by atoms with van der Waals surface area (Å²) in [7, 11) is 0. The molecular weight excluding hydrogens is 568 g/mol. The van der Waals surface area contributed by atoms with Gasteiger partial charge in [0.05, 0.1) is 18.6 Å². The van der Waals surface area contributed by atoms with Gasteiger partial charge in [-0.15, -0.1) is 0 Å². The van der Waals surface area contributed by atoms with Crippen molar-refractivity contribution < 1.29 is 23.9 Å². The Hall–Kier alpha value is -3.69. The SMILES string of the molecule is CCCCOc1ccc(NC(=O)CN2CC[C@H]3NC(=O)[C@@H](Cc4ccccc4)NC(=O)C4(CC=CC[C@H]3C2)CCOCC4)cc1. The number of nitrogens with zero attached hydrogens (tertiary/aromatic N) is 1. The third-order valence-electron chi connectivity index (χ3n) is 9.37. The van der Waals surface area contributed by atoms with Gasteiger partial charge in [-0.25, -0.2) is 0 Å². The maximum absolute atomic E-state index is 13.8. The van der Waals surface area contributed by atoms with Gasteiger partial charge in [0.25, 0.3) is 0 Å². The Morgan fingerprint density at radius 1 is 1.04 bits per heavy atom. The van der Waals surface area contributed by atoms with E-state index in [9.17, 15) is 14.4 Å². The number of hydrogen-bond acceptors (Lipinski definition) is 6. The lowest BCUT2D eigenvalue weighted by molar-refractivity contribution is -0.140. The maximum Gasteiger partial charge on any atom is 0.243 e. The standard InChI is InChI=1S/C36H48N4O5/c1-2-3-21-45-30-14-12-29(13-15-30)37-33(41)26-40-20-16-31-28(25-40)11-7-8-17-36(18-22-44-23-19-36)35(43)39-32(34(42)38-31)24-27-9-5-4-6-10-27/h4-10,12-15,28,31-32H,2-3,11,16-26H2,1H3,(H,37,41)(H,38,42)(H,39,43)/t28-,31+,32+/m0/s1. The van der Waals surface area contributed by atoms with Crippen molar-refractivity contribution in [2.75, 3.05) is 44.8 Å². The van der Waals surface area contributed by atoms with E-state index in [0.29, 0.717) is 58.6 Å². The van der Waals surface area contributed by atoms with Gasteiger partial charge in [0.1, 0.15) is 11.8 Å². The second kappa shape index (κ2) is 16.0. The summed E-state index contributed by atoms with van der Waals surface area (Å²) >= 11 is 0. The van der Waals surface area contributed by atoms with E-state index in [-0.39, 0.29) is 36.2 Å². The van der Waals surface area contributed by atoms with E-state index in [0.717, 1.165) is 42.7 Å². The number of hydrogen-bond donors (Lipinski definition) is 3. The molecule has 0 aromatic heterocycles. The third-order valence-corrected chi connectivity index (χ3v) is 9.37. The number of benzene rings is 2. The number of carbonyl (C=O) groups excluding carboxylic acids is 3. The van der Waals surface area contributed by atoms with E-state index in [2.05, 4.69) is 39.9 Å². The first-order valence-corrected chi connectivity index (χ1v) is 16.6. The molecule has 2 aromatic carbocycles. The van der Waals surface area contributed by atoms with E-state index < -0.39 is 11.5 Å². The van der Waals surface area contributed by atoms with Crippen molar-refractivity contribution in [3.05, 3.63) is 72.3 Å². The lowest BCUT2D eigenvalue weighted by Gasteiger charge is -2.40. The zero-order chi connectivity index (χ0) is 31.5. The van der Waals surface area contributed by atoms with Gasteiger partial charge in [0.15, 0.2) is 0 Å². The highest BCUT2D eigenvalue weighted by Crippen LogP contribution is 2.36. The lowest BCUT2D eigenvalue weighted by atomic mass is 9.75. The predicted octanol–water partition coefficient (Wildman–Crippen LogP) is 4.49. The molecule has 3 aliphatic heterocycles.